The van der Waals surface area contributed by atoms with E-state index in [1.165, 1.54) is 24.3 Å². The fourth-order valence-electron chi connectivity index (χ4n) is 1.22. The lowest BCUT2D eigenvalue weighted by molar-refractivity contribution is -0.137. The molecule has 2 rings (SSSR count). The number of fused-ring (bicyclic) bond motifs is 1. The summed E-state index contributed by atoms with van der Waals surface area (Å²) >= 11 is 1.23. The predicted molar refractivity (Wildman–Crippen MR) is 60.3 cm³/mol. The summed E-state index contributed by atoms with van der Waals surface area (Å²) in [6.07, 6.45) is 0. The molecule has 0 amide bonds. The van der Waals surface area contributed by atoms with Crippen molar-refractivity contribution in [2.75, 3.05) is 5.32 Å². The van der Waals surface area contributed by atoms with Crippen LogP contribution in [0.3, 0.4) is 0 Å². The monoisotopic (exact) mass is 240 g/mol. The molecule has 84 valence electrons. The number of hydrogen-bond acceptors (Lipinski definition) is 4. The van der Waals surface area contributed by atoms with Crippen molar-refractivity contribution < 1.29 is 14.3 Å². The maximum Gasteiger partial charge on any atom is 0.325 e. The number of carbonyl (C=O) groups is 1. The Morgan fingerprint density at radius 1 is 1.62 bits per heavy atom. The number of rotatable bonds is 3. The minimum atomic E-state index is -0.972. The zero-order valence-electron chi connectivity index (χ0n) is 8.40. The van der Waals surface area contributed by atoms with E-state index < -0.39 is 17.8 Å². The van der Waals surface area contributed by atoms with Gasteiger partial charge in [-0.15, -0.1) is 0 Å². The Hall–Kier alpha value is -1.69. The first-order valence-electron chi connectivity index (χ1n) is 4.62. The van der Waals surface area contributed by atoms with Gasteiger partial charge in [-0.1, -0.05) is 17.4 Å². The lowest BCUT2D eigenvalue weighted by atomic mass is 10.3. The second kappa shape index (κ2) is 4.05. The largest absolute Gasteiger partial charge is 0.480 e. The van der Waals surface area contributed by atoms with E-state index in [1.807, 2.05) is 0 Å². The van der Waals surface area contributed by atoms with E-state index in [-0.39, 0.29) is 5.52 Å². The molecule has 0 aliphatic rings. The topological polar surface area (TPSA) is 62.2 Å². The molecular weight excluding hydrogens is 231 g/mol. The van der Waals surface area contributed by atoms with Gasteiger partial charge >= 0.3 is 5.97 Å². The molecule has 4 nitrogen and oxygen atoms in total. The number of benzene rings is 1. The van der Waals surface area contributed by atoms with Crippen LogP contribution in [0.2, 0.25) is 0 Å². The van der Waals surface area contributed by atoms with Crippen molar-refractivity contribution in [2.24, 2.45) is 0 Å². The molecule has 2 aromatic rings. The summed E-state index contributed by atoms with van der Waals surface area (Å²) in [6, 6.07) is 3.92. The number of halogens is 1. The quantitative estimate of drug-likeness (QED) is 0.864. The summed E-state index contributed by atoms with van der Waals surface area (Å²) in [4.78, 5) is 14.6. The fraction of sp³-hybridized carbons (Fsp3) is 0.200. The molecule has 6 heteroatoms. The molecule has 0 spiro atoms. The van der Waals surface area contributed by atoms with Crippen LogP contribution in [0.4, 0.5) is 9.52 Å². The first-order chi connectivity index (χ1) is 7.58. The number of carboxylic acid groups (broad SMARTS) is 1. The van der Waals surface area contributed by atoms with Crippen molar-refractivity contribution in [3.63, 3.8) is 0 Å². The van der Waals surface area contributed by atoms with E-state index in [0.29, 0.717) is 9.83 Å². The molecule has 0 fully saturated rings. The Morgan fingerprint density at radius 2 is 2.38 bits per heavy atom. The van der Waals surface area contributed by atoms with Gasteiger partial charge in [-0.3, -0.25) is 4.79 Å². The summed E-state index contributed by atoms with van der Waals surface area (Å²) in [7, 11) is 0. The van der Waals surface area contributed by atoms with Gasteiger partial charge in [-0.05, 0) is 19.1 Å². The summed E-state index contributed by atoms with van der Waals surface area (Å²) in [6.45, 7) is 1.50. The highest BCUT2D eigenvalue weighted by Crippen LogP contribution is 2.27. The second-order valence-corrected chi connectivity index (χ2v) is 4.34. The van der Waals surface area contributed by atoms with Crippen LogP contribution in [0, 0.1) is 5.82 Å². The minimum Gasteiger partial charge on any atom is -0.480 e. The van der Waals surface area contributed by atoms with Crippen LogP contribution in [0.5, 0.6) is 0 Å². The molecule has 0 saturated carbocycles. The Morgan fingerprint density at radius 3 is 3.00 bits per heavy atom. The van der Waals surface area contributed by atoms with Crippen molar-refractivity contribution in [1.29, 1.82) is 0 Å². The molecule has 0 saturated heterocycles. The number of nitrogens with zero attached hydrogens (tertiary/aromatic N) is 1. The van der Waals surface area contributed by atoms with Crippen molar-refractivity contribution in [1.82, 2.24) is 4.98 Å². The Labute approximate surface area is 94.7 Å². The molecule has 0 aliphatic carbocycles. The molecule has 0 aliphatic heterocycles. The maximum absolute atomic E-state index is 13.3. The number of thiazole rings is 1. The van der Waals surface area contributed by atoms with Gasteiger partial charge in [-0.25, -0.2) is 9.37 Å². The smallest absolute Gasteiger partial charge is 0.325 e. The predicted octanol–water partition coefficient (Wildman–Crippen LogP) is 2.32. The minimum absolute atomic E-state index is 0.271. The van der Waals surface area contributed by atoms with E-state index in [1.54, 1.807) is 12.1 Å². The van der Waals surface area contributed by atoms with Crippen LogP contribution in [0.1, 0.15) is 6.92 Å². The molecule has 1 aromatic carbocycles. The molecule has 0 radical (unpaired) electrons. The molecule has 1 atom stereocenters. The highest BCUT2D eigenvalue weighted by Gasteiger charge is 2.13. The van der Waals surface area contributed by atoms with Gasteiger partial charge < -0.3 is 10.4 Å². The van der Waals surface area contributed by atoms with Crippen molar-refractivity contribution in [3.8, 4) is 0 Å². The third-order valence-electron chi connectivity index (χ3n) is 2.08. The highest BCUT2D eigenvalue weighted by molar-refractivity contribution is 7.22. The first-order valence-corrected chi connectivity index (χ1v) is 5.44. The van der Waals surface area contributed by atoms with Gasteiger partial charge in [-0.2, -0.15) is 0 Å². The molecule has 16 heavy (non-hydrogen) atoms. The standard InChI is InChI=1S/C10H9FN2O2S/c1-5(9(14)15)12-10-13-8-6(11)3-2-4-7(8)16-10/h2-5H,1H3,(H,12,13)(H,14,15). The Kier molecular flexibility index (Phi) is 2.74. The summed E-state index contributed by atoms with van der Waals surface area (Å²) in [5.74, 6) is -1.37. The number of nitrogens with one attached hydrogen (secondary N) is 1. The molecule has 1 aromatic heterocycles. The summed E-state index contributed by atoms with van der Waals surface area (Å²) in [5, 5.41) is 11.8. The van der Waals surface area contributed by atoms with E-state index >= 15 is 0 Å². The molecular formula is C10H9FN2O2S. The second-order valence-electron chi connectivity index (χ2n) is 3.31. The van der Waals surface area contributed by atoms with E-state index in [0.717, 1.165) is 0 Å². The lowest BCUT2D eigenvalue weighted by Gasteiger charge is -2.05. The van der Waals surface area contributed by atoms with E-state index in [2.05, 4.69) is 10.3 Å². The van der Waals surface area contributed by atoms with Crippen molar-refractivity contribution in [3.05, 3.63) is 24.0 Å². The van der Waals surface area contributed by atoms with Gasteiger partial charge in [0.15, 0.2) is 5.13 Å². The van der Waals surface area contributed by atoms with Gasteiger partial charge in [0.2, 0.25) is 0 Å². The first kappa shape index (κ1) is 10.8. The fourth-order valence-corrected chi connectivity index (χ4v) is 2.19. The normalized spacial score (nSPS) is 12.6. The van der Waals surface area contributed by atoms with Gasteiger partial charge in [0.05, 0.1) is 4.70 Å². The van der Waals surface area contributed by atoms with E-state index in [4.69, 9.17) is 5.11 Å². The van der Waals surface area contributed by atoms with Gasteiger partial charge in [0.1, 0.15) is 17.4 Å². The van der Waals surface area contributed by atoms with Crippen LogP contribution < -0.4 is 5.32 Å². The zero-order valence-corrected chi connectivity index (χ0v) is 9.21. The number of hydrogen-bond donors (Lipinski definition) is 2. The summed E-state index contributed by atoms with van der Waals surface area (Å²) in [5.41, 5.74) is 0.271. The third-order valence-corrected chi connectivity index (χ3v) is 3.03. The third kappa shape index (κ3) is 1.96. The Bertz CT molecular complexity index is 541. The van der Waals surface area contributed by atoms with Crippen LogP contribution in [0.15, 0.2) is 18.2 Å². The van der Waals surface area contributed by atoms with Crippen LogP contribution in [0.25, 0.3) is 10.2 Å². The SMILES string of the molecule is CC(Nc1nc2c(F)cccc2s1)C(=O)O. The molecule has 1 heterocycles. The number of aliphatic carboxylic acids is 1. The van der Waals surface area contributed by atoms with Crippen molar-refractivity contribution in [2.45, 2.75) is 13.0 Å². The van der Waals surface area contributed by atoms with Crippen LogP contribution in [-0.4, -0.2) is 22.1 Å². The van der Waals surface area contributed by atoms with Crippen molar-refractivity contribution >= 4 is 32.7 Å². The van der Waals surface area contributed by atoms with E-state index in [9.17, 15) is 9.18 Å². The zero-order chi connectivity index (χ0) is 11.7. The lowest BCUT2D eigenvalue weighted by Crippen LogP contribution is -2.25. The van der Waals surface area contributed by atoms with Gasteiger partial charge in [0.25, 0.3) is 0 Å². The van der Waals surface area contributed by atoms with Crippen LogP contribution >= 0.6 is 11.3 Å². The number of anilines is 1. The Balaban J connectivity index is 2.33. The molecule has 2 N–H and O–H groups in total. The molecule has 0 bridgehead atoms. The molecule has 1 unspecified atom stereocenters. The number of aromatic nitrogens is 1. The summed E-state index contributed by atoms with van der Waals surface area (Å²) < 4.78 is 14.0. The maximum atomic E-state index is 13.3. The average Bonchev–Trinajstić information content (AvgIpc) is 2.61. The average molecular weight is 240 g/mol. The number of carboxylic acids is 1. The highest BCUT2D eigenvalue weighted by atomic mass is 32.1. The van der Waals surface area contributed by atoms with Crippen LogP contribution in [-0.2, 0) is 4.79 Å². The van der Waals surface area contributed by atoms with Gasteiger partial charge in [0, 0.05) is 0 Å². The number of para-hydroxylation sites is 1.